The van der Waals surface area contributed by atoms with Gasteiger partial charge in [-0.2, -0.15) is 0 Å². The van der Waals surface area contributed by atoms with Gasteiger partial charge in [-0.15, -0.1) is 0 Å². The average Bonchev–Trinajstić information content (AvgIpc) is 2.08. The first-order valence-electron chi connectivity index (χ1n) is 3.92. The second-order valence-electron chi connectivity index (χ2n) is 3.50. The van der Waals surface area contributed by atoms with Crippen molar-refractivity contribution in [3.63, 3.8) is 0 Å². The molecular weight excluding hydrogens is 134 g/mol. The molecule has 10 heavy (non-hydrogen) atoms. The van der Waals surface area contributed by atoms with Crippen LogP contribution in [-0.4, -0.2) is 5.92 Å². The van der Waals surface area contributed by atoms with E-state index in [1.807, 2.05) is 13.8 Å². The zero-order valence-corrected chi connectivity index (χ0v) is 6.53. The van der Waals surface area contributed by atoms with Gasteiger partial charge in [0.2, 0.25) is 0 Å². The van der Waals surface area contributed by atoms with Gasteiger partial charge in [0.1, 0.15) is 0 Å². The van der Waals surface area contributed by atoms with Crippen LogP contribution in [0.1, 0.15) is 33.1 Å². The molecule has 0 amide bonds. The number of alkyl halides is 2. The van der Waals surface area contributed by atoms with Crippen molar-refractivity contribution in [3.8, 4) is 0 Å². The fourth-order valence-corrected chi connectivity index (χ4v) is 1.78. The van der Waals surface area contributed by atoms with Crippen molar-refractivity contribution in [3.05, 3.63) is 0 Å². The molecule has 60 valence electrons. The lowest BCUT2D eigenvalue weighted by Crippen LogP contribution is -2.25. The van der Waals surface area contributed by atoms with E-state index in [0.717, 1.165) is 0 Å². The maximum absolute atomic E-state index is 12.9. The van der Waals surface area contributed by atoms with Crippen LogP contribution >= 0.6 is 0 Å². The lowest BCUT2D eigenvalue weighted by atomic mass is 9.92. The fraction of sp³-hybridized carbons (Fsp3) is 1.00. The second-order valence-corrected chi connectivity index (χ2v) is 3.50. The minimum absolute atomic E-state index is 0.107. The fourth-order valence-electron chi connectivity index (χ4n) is 1.78. The molecule has 0 aromatic rings. The number of hydrogen-bond acceptors (Lipinski definition) is 0. The summed E-state index contributed by atoms with van der Waals surface area (Å²) in [5.74, 6) is -2.58. The Morgan fingerprint density at radius 1 is 1.40 bits per heavy atom. The van der Waals surface area contributed by atoms with Gasteiger partial charge in [0, 0.05) is 12.3 Å². The lowest BCUT2D eigenvalue weighted by molar-refractivity contribution is -0.0525. The summed E-state index contributed by atoms with van der Waals surface area (Å²) in [6.07, 6.45) is 1.52. The Morgan fingerprint density at radius 3 is 2.20 bits per heavy atom. The molecule has 0 saturated heterocycles. The van der Waals surface area contributed by atoms with Gasteiger partial charge in [0.05, 0.1) is 0 Å². The highest BCUT2D eigenvalue weighted by Gasteiger charge is 2.44. The quantitative estimate of drug-likeness (QED) is 0.536. The van der Waals surface area contributed by atoms with Crippen molar-refractivity contribution < 1.29 is 8.78 Å². The Bertz CT molecular complexity index is 118. The molecule has 0 aliphatic heterocycles. The van der Waals surface area contributed by atoms with Crippen molar-refractivity contribution in [2.24, 2.45) is 11.8 Å². The molecule has 0 spiro atoms. The van der Waals surface area contributed by atoms with Crippen molar-refractivity contribution in [2.45, 2.75) is 39.0 Å². The van der Waals surface area contributed by atoms with Gasteiger partial charge in [-0.1, -0.05) is 13.8 Å². The minimum atomic E-state index is -2.37. The topological polar surface area (TPSA) is 0 Å². The monoisotopic (exact) mass is 148 g/mol. The molecule has 0 unspecified atom stereocenters. The third-order valence-corrected chi connectivity index (χ3v) is 2.37. The normalized spacial score (nSPS) is 31.5. The molecule has 1 aliphatic carbocycles. The maximum Gasteiger partial charge on any atom is 0.251 e. The van der Waals surface area contributed by atoms with Crippen LogP contribution in [0, 0.1) is 11.8 Å². The summed E-state index contributed by atoms with van der Waals surface area (Å²) in [5, 5.41) is 0. The smallest absolute Gasteiger partial charge is 0.207 e. The second kappa shape index (κ2) is 2.48. The average molecular weight is 148 g/mol. The molecule has 1 rings (SSSR count). The molecule has 0 heterocycles. The highest BCUT2D eigenvalue weighted by Crippen LogP contribution is 2.43. The molecule has 0 radical (unpaired) electrons. The van der Waals surface area contributed by atoms with Gasteiger partial charge in [-0.05, 0) is 18.8 Å². The van der Waals surface area contributed by atoms with E-state index >= 15 is 0 Å². The highest BCUT2D eigenvalue weighted by molar-refractivity contribution is 4.85. The van der Waals surface area contributed by atoms with E-state index < -0.39 is 5.92 Å². The standard InChI is InChI=1S/C8H14F2/c1-6(2)7-4-3-5-8(7,9)10/h6-7H,3-5H2,1-2H3/t7-/m0/s1. The molecule has 1 aliphatic rings. The van der Waals surface area contributed by atoms with Gasteiger partial charge in [0.15, 0.2) is 0 Å². The van der Waals surface area contributed by atoms with Crippen LogP contribution in [0.3, 0.4) is 0 Å². The van der Waals surface area contributed by atoms with E-state index in [-0.39, 0.29) is 18.3 Å². The zero-order chi connectivity index (χ0) is 7.78. The van der Waals surface area contributed by atoms with Crippen LogP contribution in [0.15, 0.2) is 0 Å². The lowest BCUT2D eigenvalue weighted by Gasteiger charge is -2.21. The summed E-state index contributed by atoms with van der Waals surface area (Å²) in [7, 11) is 0. The molecule has 0 bridgehead atoms. The van der Waals surface area contributed by atoms with Gasteiger partial charge in [0.25, 0.3) is 5.92 Å². The summed E-state index contributed by atoms with van der Waals surface area (Å²) in [4.78, 5) is 0. The third kappa shape index (κ3) is 1.30. The molecule has 2 heteroatoms. The first kappa shape index (κ1) is 7.96. The Hall–Kier alpha value is -0.140. The van der Waals surface area contributed by atoms with Crippen molar-refractivity contribution in [2.75, 3.05) is 0 Å². The highest BCUT2D eigenvalue weighted by atomic mass is 19.3. The molecule has 1 fully saturated rings. The first-order valence-corrected chi connectivity index (χ1v) is 3.92. The molecule has 0 aromatic carbocycles. The SMILES string of the molecule is CC(C)[C@@H]1CCCC1(F)F. The van der Waals surface area contributed by atoms with E-state index in [9.17, 15) is 8.78 Å². The summed E-state index contributed by atoms with van der Waals surface area (Å²) in [6.45, 7) is 3.76. The van der Waals surface area contributed by atoms with Gasteiger partial charge in [-0.25, -0.2) is 8.78 Å². The number of rotatable bonds is 1. The Morgan fingerprint density at radius 2 is 2.00 bits per heavy atom. The van der Waals surface area contributed by atoms with Crippen LogP contribution in [-0.2, 0) is 0 Å². The van der Waals surface area contributed by atoms with Crippen molar-refractivity contribution in [1.29, 1.82) is 0 Å². The largest absolute Gasteiger partial charge is 0.251 e. The number of halogens is 2. The summed E-state index contributed by atoms with van der Waals surface area (Å²) in [5.41, 5.74) is 0. The molecular formula is C8H14F2. The summed E-state index contributed by atoms with van der Waals surface area (Å²) >= 11 is 0. The molecule has 1 saturated carbocycles. The summed E-state index contributed by atoms with van der Waals surface area (Å²) in [6, 6.07) is 0. The van der Waals surface area contributed by atoms with E-state index in [2.05, 4.69) is 0 Å². The number of hydrogen-bond donors (Lipinski definition) is 0. The Labute approximate surface area is 60.6 Å². The zero-order valence-electron chi connectivity index (χ0n) is 6.53. The minimum Gasteiger partial charge on any atom is -0.207 e. The third-order valence-electron chi connectivity index (χ3n) is 2.37. The first-order chi connectivity index (χ1) is 4.54. The van der Waals surface area contributed by atoms with E-state index in [1.54, 1.807) is 0 Å². The van der Waals surface area contributed by atoms with E-state index in [0.29, 0.717) is 12.8 Å². The Kier molecular flexibility index (Phi) is 1.97. The van der Waals surface area contributed by atoms with Gasteiger partial charge >= 0.3 is 0 Å². The van der Waals surface area contributed by atoms with Crippen molar-refractivity contribution in [1.82, 2.24) is 0 Å². The van der Waals surface area contributed by atoms with Crippen LogP contribution < -0.4 is 0 Å². The Balaban J connectivity index is 2.59. The maximum atomic E-state index is 12.9. The van der Waals surface area contributed by atoms with Crippen LogP contribution in [0.25, 0.3) is 0 Å². The van der Waals surface area contributed by atoms with E-state index in [1.165, 1.54) is 0 Å². The summed E-state index contributed by atoms with van der Waals surface area (Å²) < 4.78 is 25.7. The predicted octanol–water partition coefficient (Wildman–Crippen LogP) is 3.08. The van der Waals surface area contributed by atoms with Gasteiger partial charge < -0.3 is 0 Å². The van der Waals surface area contributed by atoms with Crippen LogP contribution in [0.5, 0.6) is 0 Å². The van der Waals surface area contributed by atoms with Crippen LogP contribution in [0.4, 0.5) is 8.78 Å². The predicted molar refractivity (Wildman–Crippen MR) is 37.1 cm³/mol. The molecule has 0 nitrogen and oxygen atoms in total. The molecule has 1 atom stereocenters. The molecule has 0 N–H and O–H groups in total. The van der Waals surface area contributed by atoms with Crippen molar-refractivity contribution >= 4 is 0 Å². The molecule has 0 aromatic heterocycles. The van der Waals surface area contributed by atoms with Crippen LogP contribution in [0.2, 0.25) is 0 Å². The van der Waals surface area contributed by atoms with E-state index in [4.69, 9.17) is 0 Å². The van der Waals surface area contributed by atoms with Gasteiger partial charge in [-0.3, -0.25) is 0 Å².